The van der Waals surface area contributed by atoms with Crippen molar-refractivity contribution in [3.8, 4) is 0 Å². The summed E-state index contributed by atoms with van der Waals surface area (Å²) in [4.78, 5) is 11.2. The third-order valence-corrected chi connectivity index (χ3v) is 2.59. The van der Waals surface area contributed by atoms with Crippen LogP contribution in [0.15, 0.2) is 24.3 Å². The lowest BCUT2D eigenvalue weighted by atomic mass is 10.2. The Balaban J connectivity index is 2.25. The maximum atomic E-state index is 11.2. The number of rotatable bonds is 2. The topological polar surface area (TPSA) is 58.4 Å². The van der Waals surface area contributed by atoms with Gasteiger partial charge in [-0.3, -0.25) is 15.2 Å². The molecule has 1 heterocycles. The second-order valence-corrected chi connectivity index (χ2v) is 3.83. The van der Waals surface area contributed by atoms with E-state index in [0.717, 1.165) is 11.3 Å². The number of benzene rings is 1. The molecule has 15 heavy (non-hydrogen) atoms. The smallest absolute Gasteiger partial charge is 0.240 e. The summed E-state index contributed by atoms with van der Waals surface area (Å²) in [7, 11) is 0. The number of nitrogens with two attached hydrogens (primary N) is 1. The molecule has 1 aromatic carbocycles. The predicted molar refractivity (Wildman–Crippen MR) is 59.0 cm³/mol. The predicted octanol–water partition coefficient (Wildman–Crippen LogP) is 0.775. The minimum atomic E-state index is 0.0700. The molecule has 0 bridgehead atoms. The zero-order valence-electron chi connectivity index (χ0n) is 8.73. The van der Waals surface area contributed by atoms with E-state index in [4.69, 9.17) is 5.73 Å². The molecule has 1 atom stereocenters. The summed E-state index contributed by atoms with van der Waals surface area (Å²) >= 11 is 0. The molecule has 1 aliphatic rings. The summed E-state index contributed by atoms with van der Waals surface area (Å²) in [5.74, 6) is 0.0700. The van der Waals surface area contributed by atoms with Gasteiger partial charge in [-0.2, -0.15) is 0 Å². The summed E-state index contributed by atoms with van der Waals surface area (Å²) in [5, 5.41) is 1.89. The Morgan fingerprint density at radius 1 is 1.60 bits per heavy atom. The third kappa shape index (κ3) is 1.94. The first-order valence-electron chi connectivity index (χ1n) is 5.08. The van der Waals surface area contributed by atoms with Crippen molar-refractivity contribution in [1.29, 1.82) is 0 Å². The van der Waals surface area contributed by atoms with Crippen molar-refractivity contribution < 1.29 is 4.79 Å². The van der Waals surface area contributed by atoms with Crippen LogP contribution in [0.5, 0.6) is 0 Å². The minimum Gasteiger partial charge on any atom is -0.326 e. The molecule has 1 fully saturated rings. The molecule has 0 aliphatic carbocycles. The van der Waals surface area contributed by atoms with Crippen LogP contribution in [0.25, 0.3) is 0 Å². The summed E-state index contributed by atoms with van der Waals surface area (Å²) in [5.41, 5.74) is 10.5. The van der Waals surface area contributed by atoms with Crippen molar-refractivity contribution in [2.24, 2.45) is 5.73 Å². The molecule has 2 rings (SSSR count). The Bertz CT molecular complexity index is 378. The summed E-state index contributed by atoms with van der Waals surface area (Å²) in [6.45, 7) is 2.54. The molecule has 3 N–H and O–H groups in total. The number of nitrogens with zero attached hydrogens (tertiary/aromatic N) is 1. The zero-order chi connectivity index (χ0) is 10.8. The number of carbonyl (C=O) groups is 1. The summed E-state index contributed by atoms with van der Waals surface area (Å²) < 4.78 is 0. The second kappa shape index (κ2) is 3.90. The van der Waals surface area contributed by atoms with Crippen molar-refractivity contribution in [3.63, 3.8) is 0 Å². The number of anilines is 1. The Morgan fingerprint density at radius 2 is 2.40 bits per heavy atom. The van der Waals surface area contributed by atoms with Crippen LogP contribution in [-0.4, -0.2) is 11.9 Å². The molecule has 1 aromatic rings. The lowest BCUT2D eigenvalue weighted by Crippen LogP contribution is -2.37. The molecule has 1 aliphatic heterocycles. The highest BCUT2D eigenvalue weighted by Crippen LogP contribution is 2.21. The monoisotopic (exact) mass is 205 g/mol. The van der Waals surface area contributed by atoms with E-state index in [1.165, 1.54) is 0 Å². The largest absolute Gasteiger partial charge is 0.326 e. The van der Waals surface area contributed by atoms with E-state index >= 15 is 0 Å². The van der Waals surface area contributed by atoms with Gasteiger partial charge in [0.15, 0.2) is 0 Å². The number of amides is 1. The molecule has 0 spiro atoms. The molecule has 80 valence electrons. The van der Waals surface area contributed by atoms with Gasteiger partial charge in [0.05, 0.1) is 18.2 Å². The van der Waals surface area contributed by atoms with Gasteiger partial charge >= 0.3 is 0 Å². The van der Waals surface area contributed by atoms with Crippen molar-refractivity contribution in [1.82, 2.24) is 5.43 Å². The summed E-state index contributed by atoms with van der Waals surface area (Å²) in [6, 6.07) is 8.11. The lowest BCUT2D eigenvalue weighted by molar-refractivity contribution is -0.119. The highest BCUT2D eigenvalue weighted by Gasteiger charge is 2.26. The van der Waals surface area contributed by atoms with Crippen LogP contribution in [0.1, 0.15) is 18.9 Å². The van der Waals surface area contributed by atoms with Crippen LogP contribution < -0.4 is 16.2 Å². The number of hydrazine groups is 1. The van der Waals surface area contributed by atoms with Crippen LogP contribution in [0.3, 0.4) is 0 Å². The maximum absolute atomic E-state index is 11.2. The van der Waals surface area contributed by atoms with Crippen LogP contribution >= 0.6 is 0 Å². The first-order valence-corrected chi connectivity index (χ1v) is 5.08. The molecule has 0 radical (unpaired) electrons. The Morgan fingerprint density at radius 3 is 3.00 bits per heavy atom. The molecule has 4 nitrogen and oxygen atoms in total. The van der Waals surface area contributed by atoms with E-state index in [1.54, 1.807) is 0 Å². The van der Waals surface area contributed by atoms with Crippen LogP contribution in [0.4, 0.5) is 5.69 Å². The van der Waals surface area contributed by atoms with Crippen molar-refractivity contribution in [2.75, 3.05) is 5.01 Å². The molecule has 0 saturated carbocycles. The lowest BCUT2D eigenvalue weighted by Gasteiger charge is -2.22. The van der Waals surface area contributed by atoms with Gasteiger partial charge in [0, 0.05) is 6.54 Å². The number of nitrogens with one attached hydrogen (secondary N) is 1. The van der Waals surface area contributed by atoms with Crippen LogP contribution in [0.2, 0.25) is 0 Å². The molecule has 1 saturated heterocycles. The average Bonchev–Trinajstić information content (AvgIpc) is 2.58. The van der Waals surface area contributed by atoms with Gasteiger partial charge in [-0.25, -0.2) is 0 Å². The van der Waals surface area contributed by atoms with Gasteiger partial charge in [0.2, 0.25) is 5.91 Å². The second-order valence-electron chi connectivity index (χ2n) is 3.83. The fourth-order valence-corrected chi connectivity index (χ4v) is 1.80. The van der Waals surface area contributed by atoms with E-state index < -0.39 is 0 Å². The van der Waals surface area contributed by atoms with Crippen LogP contribution in [0, 0.1) is 0 Å². The Labute approximate surface area is 89.0 Å². The summed E-state index contributed by atoms with van der Waals surface area (Å²) in [6.07, 6.45) is 0.548. The van der Waals surface area contributed by atoms with E-state index in [9.17, 15) is 4.79 Å². The molecule has 4 heteroatoms. The van der Waals surface area contributed by atoms with Crippen molar-refractivity contribution >= 4 is 11.6 Å². The fourth-order valence-electron chi connectivity index (χ4n) is 1.80. The van der Waals surface area contributed by atoms with Gasteiger partial charge in [-0.15, -0.1) is 0 Å². The molecule has 0 aromatic heterocycles. The number of hydrogen-bond donors (Lipinski definition) is 2. The molecular weight excluding hydrogens is 190 g/mol. The third-order valence-electron chi connectivity index (χ3n) is 2.59. The highest BCUT2D eigenvalue weighted by molar-refractivity contribution is 5.82. The van der Waals surface area contributed by atoms with Crippen molar-refractivity contribution in [2.45, 2.75) is 25.9 Å². The normalized spacial score (nSPS) is 20.5. The standard InChI is InChI=1S/C11H15N3O/c1-8-5-11(15)13-14(8)10-4-2-3-9(6-10)7-12/h2-4,6,8H,5,7,12H2,1H3,(H,13,15). The highest BCUT2D eigenvalue weighted by atomic mass is 16.2. The molecule has 1 amide bonds. The molecule has 1 unspecified atom stereocenters. The Hall–Kier alpha value is -1.55. The Kier molecular flexibility index (Phi) is 2.60. The zero-order valence-corrected chi connectivity index (χ0v) is 8.73. The first kappa shape index (κ1) is 9.98. The quantitative estimate of drug-likeness (QED) is 0.750. The minimum absolute atomic E-state index is 0.0700. The van der Waals surface area contributed by atoms with E-state index in [2.05, 4.69) is 5.43 Å². The SMILES string of the molecule is CC1CC(=O)NN1c1cccc(CN)c1. The molecular formula is C11H15N3O. The van der Waals surface area contributed by atoms with Gasteiger partial charge in [-0.1, -0.05) is 12.1 Å². The van der Waals surface area contributed by atoms with Gasteiger partial charge < -0.3 is 5.73 Å². The number of carbonyl (C=O) groups excluding carboxylic acids is 1. The van der Waals surface area contributed by atoms with E-state index in [1.807, 2.05) is 36.2 Å². The van der Waals surface area contributed by atoms with E-state index in [-0.39, 0.29) is 11.9 Å². The average molecular weight is 205 g/mol. The maximum Gasteiger partial charge on any atom is 0.240 e. The van der Waals surface area contributed by atoms with Crippen LogP contribution in [-0.2, 0) is 11.3 Å². The van der Waals surface area contributed by atoms with Crippen molar-refractivity contribution in [3.05, 3.63) is 29.8 Å². The fraction of sp³-hybridized carbons (Fsp3) is 0.364. The number of hydrogen-bond acceptors (Lipinski definition) is 3. The van der Waals surface area contributed by atoms with Gasteiger partial charge in [0.25, 0.3) is 0 Å². The van der Waals surface area contributed by atoms with Gasteiger partial charge in [0.1, 0.15) is 0 Å². The van der Waals surface area contributed by atoms with E-state index in [0.29, 0.717) is 13.0 Å². The first-order chi connectivity index (χ1) is 7.20. The van der Waals surface area contributed by atoms with Gasteiger partial charge in [-0.05, 0) is 24.6 Å².